The fraction of sp³-hybridized carbons (Fsp3) is 0.562. The summed E-state index contributed by atoms with van der Waals surface area (Å²) in [4.78, 5) is 27.9. The van der Waals surface area contributed by atoms with Crippen LogP contribution in [0.3, 0.4) is 0 Å². The van der Waals surface area contributed by atoms with Crippen LogP contribution < -0.4 is 5.32 Å². The number of esters is 2. The van der Waals surface area contributed by atoms with Crippen molar-refractivity contribution in [3.05, 3.63) is 22.5 Å². The number of halogens is 3. The van der Waals surface area contributed by atoms with E-state index in [9.17, 15) is 22.8 Å². The topological polar surface area (TPSA) is 77.5 Å². The monoisotopic (exact) mass is 360 g/mol. The zero-order valence-electron chi connectivity index (χ0n) is 14.1. The molecule has 1 aliphatic rings. The summed E-state index contributed by atoms with van der Waals surface area (Å²) in [5, 5.41) is 2.84. The number of nitrogens with one attached hydrogen (secondary N) is 1. The second kappa shape index (κ2) is 7.28. The lowest BCUT2D eigenvalue weighted by Crippen LogP contribution is -2.24. The molecule has 1 fully saturated rings. The molecule has 0 spiro atoms. The molecular weight excluding hydrogens is 341 g/mol. The van der Waals surface area contributed by atoms with Crippen molar-refractivity contribution in [1.82, 2.24) is 4.98 Å². The average molecular weight is 360 g/mol. The van der Waals surface area contributed by atoms with Crippen molar-refractivity contribution in [2.45, 2.75) is 45.8 Å². The highest BCUT2D eigenvalue weighted by molar-refractivity contribution is 6.06. The highest BCUT2D eigenvalue weighted by Crippen LogP contribution is 2.39. The molecule has 1 aromatic heterocycles. The predicted molar refractivity (Wildman–Crippen MR) is 82.5 cm³/mol. The summed E-state index contributed by atoms with van der Waals surface area (Å²) in [5.74, 6) is -2.02. The Morgan fingerprint density at radius 3 is 2.08 bits per heavy atom. The van der Waals surface area contributed by atoms with E-state index in [1.165, 1.54) is 13.8 Å². The van der Waals surface area contributed by atoms with Crippen molar-refractivity contribution in [2.24, 2.45) is 0 Å². The molecule has 1 aromatic rings. The molecule has 2 rings (SSSR count). The van der Waals surface area contributed by atoms with Crippen molar-refractivity contribution in [2.75, 3.05) is 18.5 Å². The Bertz CT molecular complexity index is 685. The Hall–Kier alpha value is -2.32. The number of alkyl halides is 3. The molecule has 9 heteroatoms. The molecule has 0 atom stereocenters. The first-order valence-corrected chi connectivity index (χ1v) is 7.93. The van der Waals surface area contributed by atoms with Crippen LogP contribution in [0.5, 0.6) is 0 Å². The second-order valence-electron chi connectivity index (χ2n) is 5.53. The maximum Gasteiger partial charge on any atom is 0.434 e. The van der Waals surface area contributed by atoms with E-state index in [-0.39, 0.29) is 36.2 Å². The SMILES string of the molecule is CCOC(=O)c1c(C)nc(C(F)(F)F)c(C(=O)OCC)c1NC1CC1. The van der Waals surface area contributed by atoms with Gasteiger partial charge in [0.25, 0.3) is 0 Å². The molecule has 0 radical (unpaired) electrons. The van der Waals surface area contributed by atoms with E-state index in [4.69, 9.17) is 9.47 Å². The lowest BCUT2D eigenvalue weighted by atomic mass is 10.0. The third-order valence-electron chi connectivity index (χ3n) is 3.53. The smallest absolute Gasteiger partial charge is 0.434 e. The van der Waals surface area contributed by atoms with E-state index in [1.54, 1.807) is 6.92 Å². The van der Waals surface area contributed by atoms with E-state index in [0.717, 1.165) is 12.8 Å². The maximum atomic E-state index is 13.4. The van der Waals surface area contributed by atoms with Crippen LogP contribution >= 0.6 is 0 Å². The lowest BCUT2D eigenvalue weighted by Gasteiger charge is -2.20. The highest BCUT2D eigenvalue weighted by atomic mass is 19.4. The van der Waals surface area contributed by atoms with Crippen LogP contribution in [-0.2, 0) is 15.7 Å². The predicted octanol–water partition coefficient (Wildman–Crippen LogP) is 3.34. The number of carbonyl (C=O) groups is 2. The number of rotatable bonds is 6. The molecule has 25 heavy (non-hydrogen) atoms. The van der Waals surface area contributed by atoms with Crippen molar-refractivity contribution in [1.29, 1.82) is 0 Å². The zero-order valence-corrected chi connectivity index (χ0v) is 14.1. The van der Waals surface area contributed by atoms with E-state index < -0.39 is 29.4 Å². The molecular formula is C16H19F3N2O4. The molecule has 0 bridgehead atoms. The standard InChI is InChI=1S/C16H19F3N2O4/c1-4-24-14(22)10-8(3)20-13(16(17,18)19)11(15(23)25-5-2)12(10)21-9-6-7-9/h9H,4-7H2,1-3H3,(H,20,21). The minimum atomic E-state index is -4.87. The van der Waals surface area contributed by atoms with Gasteiger partial charge in [0, 0.05) is 6.04 Å². The van der Waals surface area contributed by atoms with Crippen molar-refractivity contribution in [3.63, 3.8) is 0 Å². The van der Waals surface area contributed by atoms with Crippen molar-refractivity contribution in [3.8, 4) is 0 Å². The highest BCUT2D eigenvalue weighted by Gasteiger charge is 2.42. The minimum Gasteiger partial charge on any atom is -0.462 e. The van der Waals surface area contributed by atoms with Gasteiger partial charge in [-0.05, 0) is 33.6 Å². The first-order chi connectivity index (χ1) is 11.7. The van der Waals surface area contributed by atoms with Crippen LogP contribution in [0.1, 0.15) is 58.8 Å². The van der Waals surface area contributed by atoms with E-state index in [0.29, 0.717) is 0 Å². The van der Waals surface area contributed by atoms with E-state index >= 15 is 0 Å². The number of aromatic nitrogens is 1. The Labute approximate surface area is 142 Å². The number of anilines is 1. The molecule has 0 aromatic carbocycles. The average Bonchev–Trinajstić information content (AvgIpc) is 3.30. The van der Waals surface area contributed by atoms with Gasteiger partial charge >= 0.3 is 18.1 Å². The van der Waals surface area contributed by atoms with Gasteiger partial charge in [0.05, 0.1) is 24.6 Å². The number of ether oxygens (including phenoxy) is 2. The molecule has 138 valence electrons. The van der Waals surface area contributed by atoms with Gasteiger partial charge in [-0.3, -0.25) is 0 Å². The van der Waals surface area contributed by atoms with Gasteiger partial charge in [0.2, 0.25) is 0 Å². The third-order valence-corrected chi connectivity index (χ3v) is 3.53. The van der Waals surface area contributed by atoms with Gasteiger partial charge in [0.1, 0.15) is 11.1 Å². The summed E-state index contributed by atoms with van der Waals surface area (Å²) in [7, 11) is 0. The van der Waals surface area contributed by atoms with Gasteiger partial charge in [-0.15, -0.1) is 0 Å². The normalized spacial score (nSPS) is 14.2. The zero-order chi connectivity index (χ0) is 18.8. The molecule has 6 nitrogen and oxygen atoms in total. The number of nitrogens with zero attached hydrogens (tertiary/aromatic N) is 1. The summed E-state index contributed by atoms with van der Waals surface area (Å²) < 4.78 is 50.0. The molecule has 0 saturated heterocycles. The summed E-state index contributed by atoms with van der Waals surface area (Å²) in [6.07, 6.45) is -3.42. The second-order valence-corrected chi connectivity index (χ2v) is 5.53. The number of hydrogen-bond donors (Lipinski definition) is 1. The van der Waals surface area contributed by atoms with Gasteiger partial charge in [-0.1, -0.05) is 0 Å². The first-order valence-electron chi connectivity index (χ1n) is 7.93. The van der Waals surface area contributed by atoms with Gasteiger partial charge in [-0.25, -0.2) is 14.6 Å². The van der Waals surface area contributed by atoms with Crippen LogP contribution in [0.25, 0.3) is 0 Å². The molecule has 0 unspecified atom stereocenters. The largest absolute Gasteiger partial charge is 0.462 e. The van der Waals surface area contributed by atoms with E-state index in [2.05, 4.69) is 10.3 Å². The molecule has 0 aliphatic heterocycles. The number of pyridine rings is 1. The summed E-state index contributed by atoms with van der Waals surface area (Å²) in [5.41, 5.74) is -2.72. The maximum absolute atomic E-state index is 13.4. The van der Waals surface area contributed by atoms with Crippen LogP contribution in [0.2, 0.25) is 0 Å². The van der Waals surface area contributed by atoms with Gasteiger partial charge in [-0.2, -0.15) is 13.2 Å². The van der Waals surface area contributed by atoms with Gasteiger partial charge in [0.15, 0.2) is 5.69 Å². The summed E-state index contributed by atoms with van der Waals surface area (Å²) in [6.45, 7) is 4.26. The Morgan fingerprint density at radius 1 is 1.12 bits per heavy atom. The van der Waals surface area contributed by atoms with Crippen LogP contribution in [0.15, 0.2) is 0 Å². The van der Waals surface area contributed by atoms with Gasteiger partial charge < -0.3 is 14.8 Å². The third kappa shape index (κ3) is 4.21. The summed E-state index contributed by atoms with van der Waals surface area (Å²) in [6, 6.07) is -0.107. The fourth-order valence-corrected chi connectivity index (χ4v) is 2.34. The Balaban J connectivity index is 2.74. The Kier molecular flexibility index (Phi) is 5.54. The fourth-order valence-electron chi connectivity index (χ4n) is 2.34. The van der Waals surface area contributed by atoms with Crippen LogP contribution in [0, 0.1) is 6.92 Å². The van der Waals surface area contributed by atoms with E-state index in [1.807, 2.05) is 0 Å². The first kappa shape index (κ1) is 19.0. The van der Waals surface area contributed by atoms with Crippen LogP contribution in [-0.4, -0.2) is 36.2 Å². The minimum absolute atomic E-state index is 0.0386. The Morgan fingerprint density at radius 2 is 1.64 bits per heavy atom. The van der Waals surface area contributed by atoms with Crippen LogP contribution in [0.4, 0.5) is 18.9 Å². The number of carbonyl (C=O) groups excluding carboxylic acids is 2. The number of hydrogen-bond acceptors (Lipinski definition) is 6. The lowest BCUT2D eigenvalue weighted by molar-refractivity contribution is -0.141. The van der Waals surface area contributed by atoms with Crippen molar-refractivity contribution >= 4 is 17.6 Å². The van der Waals surface area contributed by atoms with Crippen molar-refractivity contribution < 1.29 is 32.2 Å². The summed E-state index contributed by atoms with van der Waals surface area (Å²) >= 11 is 0. The quantitative estimate of drug-likeness (QED) is 0.784. The molecule has 1 aliphatic carbocycles. The molecule has 1 heterocycles. The molecule has 1 N–H and O–H groups in total. The molecule has 0 amide bonds. The molecule has 1 saturated carbocycles. The number of aryl methyl sites for hydroxylation is 1.